The van der Waals surface area contributed by atoms with Crippen LogP contribution in [0.25, 0.3) is 10.4 Å². The van der Waals surface area contributed by atoms with Crippen molar-refractivity contribution in [3.63, 3.8) is 0 Å². The minimum absolute atomic E-state index is 0.0825. The van der Waals surface area contributed by atoms with Crippen molar-refractivity contribution in [2.75, 3.05) is 0 Å². The molecular formula is C22H19NO6S2. The van der Waals surface area contributed by atoms with Gasteiger partial charge in [-0.2, -0.15) is 12.7 Å². The molecule has 1 aliphatic carbocycles. The molecule has 0 spiro atoms. The van der Waals surface area contributed by atoms with Crippen LogP contribution in [0.3, 0.4) is 0 Å². The fourth-order valence-electron chi connectivity index (χ4n) is 3.73. The zero-order valence-corrected chi connectivity index (χ0v) is 18.1. The number of amides is 1. The first-order chi connectivity index (χ1) is 14.6. The van der Waals surface area contributed by atoms with E-state index in [4.69, 9.17) is 0 Å². The minimum atomic E-state index is -4.29. The maximum Gasteiger partial charge on any atom is 0.421 e. The Morgan fingerprint density at radius 3 is 2.39 bits per heavy atom. The largest absolute Gasteiger partial charge is 0.478 e. The number of rotatable bonds is 6. The highest BCUT2D eigenvalue weighted by atomic mass is 32.2. The van der Waals surface area contributed by atoms with Gasteiger partial charge in [-0.3, -0.25) is 0 Å². The van der Waals surface area contributed by atoms with Gasteiger partial charge in [-0.25, -0.2) is 9.59 Å². The van der Waals surface area contributed by atoms with E-state index in [2.05, 4.69) is 0 Å². The summed E-state index contributed by atoms with van der Waals surface area (Å²) in [6.45, 7) is 1.86. The van der Waals surface area contributed by atoms with E-state index in [-0.39, 0.29) is 9.77 Å². The summed E-state index contributed by atoms with van der Waals surface area (Å²) in [5, 5.41) is 18.9. The SMILES string of the molecule is C[C@]1(c2ccccc2)C[C@@H]1N(C(=O)O)S(=O)(=O)c1ccc(-c2cccc(C(=O)O)c2)s1. The van der Waals surface area contributed by atoms with E-state index in [0.29, 0.717) is 21.2 Å². The maximum absolute atomic E-state index is 13.3. The third-order valence-electron chi connectivity index (χ3n) is 5.59. The Morgan fingerprint density at radius 1 is 1.03 bits per heavy atom. The van der Waals surface area contributed by atoms with Crippen LogP contribution in [0.5, 0.6) is 0 Å². The summed E-state index contributed by atoms with van der Waals surface area (Å²) in [5.41, 5.74) is 0.939. The number of nitrogens with zero attached hydrogens (tertiary/aromatic N) is 1. The summed E-state index contributed by atoms with van der Waals surface area (Å²) < 4.78 is 27.0. The predicted molar refractivity (Wildman–Crippen MR) is 116 cm³/mol. The van der Waals surface area contributed by atoms with Crippen molar-refractivity contribution in [1.82, 2.24) is 4.31 Å². The lowest BCUT2D eigenvalue weighted by Gasteiger charge is -2.22. The third kappa shape index (κ3) is 3.70. The van der Waals surface area contributed by atoms with E-state index in [0.717, 1.165) is 16.9 Å². The predicted octanol–water partition coefficient (Wildman–Crippen LogP) is 4.51. The fraction of sp³-hybridized carbons (Fsp3) is 0.182. The van der Waals surface area contributed by atoms with Gasteiger partial charge in [0.15, 0.2) is 0 Å². The lowest BCUT2D eigenvalue weighted by Crippen LogP contribution is -2.40. The molecule has 1 heterocycles. The van der Waals surface area contributed by atoms with E-state index in [1.807, 2.05) is 37.3 Å². The second-order valence-corrected chi connectivity index (χ2v) is 10.7. The zero-order chi connectivity index (χ0) is 22.4. The highest BCUT2D eigenvalue weighted by molar-refractivity contribution is 7.91. The van der Waals surface area contributed by atoms with Gasteiger partial charge in [0.1, 0.15) is 4.21 Å². The number of hydrogen-bond donors (Lipinski definition) is 2. The number of carbonyl (C=O) groups is 2. The molecular weight excluding hydrogens is 438 g/mol. The number of thiophene rings is 1. The molecule has 7 nitrogen and oxygen atoms in total. The molecule has 160 valence electrons. The maximum atomic E-state index is 13.3. The fourth-order valence-corrected chi connectivity index (χ4v) is 6.68. The van der Waals surface area contributed by atoms with Crippen LogP contribution < -0.4 is 0 Å². The van der Waals surface area contributed by atoms with Crippen molar-refractivity contribution in [2.45, 2.75) is 29.0 Å². The molecule has 31 heavy (non-hydrogen) atoms. The highest BCUT2D eigenvalue weighted by Gasteiger charge is 2.59. The summed E-state index contributed by atoms with van der Waals surface area (Å²) in [6.07, 6.45) is -1.12. The smallest absolute Gasteiger partial charge is 0.421 e. The van der Waals surface area contributed by atoms with Gasteiger partial charge in [-0.15, -0.1) is 11.3 Å². The Labute approximate surface area is 183 Å². The van der Waals surface area contributed by atoms with Crippen LogP contribution in [0, 0.1) is 0 Å². The normalized spacial score (nSPS) is 20.2. The second-order valence-electron chi connectivity index (χ2n) is 7.59. The van der Waals surface area contributed by atoms with Crippen LogP contribution in [0.1, 0.15) is 29.3 Å². The van der Waals surface area contributed by atoms with Crippen molar-refractivity contribution in [3.05, 3.63) is 77.9 Å². The number of carboxylic acid groups (broad SMARTS) is 2. The van der Waals surface area contributed by atoms with Crippen LogP contribution in [0.4, 0.5) is 4.79 Å². The average molecular weight is 458 g/mol. The molecule has 1 fully saturated rings. The van der Waals surface area contributed by atoms with Crippen LogP contribution in [0.2, 0.25) is 0 Å². The first-order valence-electron chi connectivity index (χ1n) is 9.41. The van der Waals surface area contributed by atoms with E-state index in [1.54, 1.807) is 18.2 Å². The molecule has 1 saturated carbocycles. The topological polar surface area (TPSA) is 112 Å². The zero-order valence-electron chi connectivity index (χ0n) is 16.4. The van der Waals surface area contributed by atoms with E-state index >= 15 is 0 Å². The van der Waals surface area contributed by atoms with Gasteiger partial charge in [-0.1, -0.05) is 49.4 Å². The van der Waals surface area contributed by atoms with Crippen LogP contribution in [-0.2, 0) is 15.4 Å². The lowest BCUT2D eigenvalue weighted by molar-refractivity contribution is 0.0696. The minimum Gasteiger partial charge on any atom is -0.478 e. The highest BCUT2D eigenvalue weighted by Crippen LogP contribution is 2.52. The first-order valence-corrected chi connectivity index (χ1v) is 11.7. The molecule has 1 amide bonds. The van der Waals surface area contributed by atoms with E-state index in [9.17, 15) is 28.2 Å². The quantitative estimate of drug-likeness (QED) is 0.563. The molecule has 3 aromatic rings. The first kappa shape index (κ1) is 21.1. The number of aromatic carboxylic acids is 1. The molecule has 4 rings (SSSR count). The monoisotopic (exact) mass is 457 g/mol. The Kier molecular flexibility index (Phi) is 5.10. The Bertz CT molecular complexity index is 1270. The summed E-state index contributed by atoms with van der Waals surface area (Å²) in [5.74, 6) is -1.09. The number of sulfonamides is 1. The van der Waals surface area contributed by atoms with Crippen molar-refractivity contribution in [2.24, 2.45) is 0 Å². The Balaban J connectivity index is 1.67. The van der Waals surface area contributed by atoms with Crippen LogP contribution in [0.15, 0.2) is 70.9 Å². The lowest BCUT2D eigenvalue weighted by atomic mass is 9.98. The van der Waals surface area contributed by atoms with E-state index < -0.39 is 33.5 Å². The molecule has 2 N–H and O–H groups in total. The van der Waals surface area contributed by atoms with Gasteiger partial charge in [0.05, 0.1) is 11.6 Å². The van der Waals surface area contributed by atoms with Gasteiger partial charge in [-0.05, 0) is 41.8 Å². The molecule has 0 radical (unpaired) electrons. The van der Waals surface area contributed by atoms with Gasteiger partial charge in [0.2, 0.25) is 0 Å². The third-order valence-corrected chi connectivity index (χ3v) is 8.97. The van der Waals surface area contributed by atoms with Crippen molar-refractivity contribution in [1.29, 1.82) is 0 Å². The molecule has 0 bridgehead atoms. The van der Waals surface area contributed by atoms with Crippen LogP contribution in [-0.4, -0.2) is 41.0 Å². The van der Waals surface area contributed by atoms with Crippen LogP contribution >= 0.6 is 11.3 Å². The van der Waals surface area contributed by atoms with Crippen molar-refractivity contribution in [3.8, 4) is 10.4 Å². The average Bonchev–Trinajstić information content (AvgIpc) is 3.16. The Morgan fingerprint density at radius 2 is 1.74 bits per heavy atom. The van der Waals surface area contributed by atoms with Gasteiger partial charge in [0, 0.05) is 10.3 Å². The van der Waals surface area contributed by atoms with Gasteiger partial charge in [0.25, 0.3) is 10.0 Å². The van der Waals surface area contributed by atoms with E-state index in [1.165, 1.54) is 18.2 Å². The standard InChI is InChI=1S/C22H19NO6S2/c1-22(16-8-3-2-4-9-16)13-18(22)23(21(26)27)31(28,29)19-11-10-17(30-19)14-6-5-7-15(12-14)20(24)25/h2-12,18H,13H2,1H3,(H,24,25)(H,26,27)/t18-,22+/m0/s1. The molecule has 2 aromatic carbocycles. The summed E-state index contributed by atoms with van der Waals surface area (Å²) in [6, 6.07) is 17.6. The number of carboxylic acids is 1. The molecule has 0 aliphatic heterocycles. The van der Waals surface area contributed by atoms with Crippen molar-refractivity contribution < 1.29 is 28.2 Å². The molecule has 9 heteroatoms. The molecule has 1 aromatic heterocycles. The molecule has 0 saturated heterocycles. The van der Waals surface area contributed by atoms with Gasteiger partial charge < -0.3 is 10.2 Å². The number of benzene rings is 2. The summed E-state index contributed by atoms with van der Waals surface area (Å²) in [4.78, 5) is 23.7. The molecule has 2 atom stereocenters. The number of hydrogen-bond acceptors (Lipinski definition) is 5. The summed E-state index contributed by atoms with van der Waals surface area (Å²) in [7, 11) is -4.29. The Hall–Kier alpha value is -3.17. The van der Waals surface area contributed by atoms with Crippen molar-refractivity contribution >= 4 is 33.4 Å². The summed E-state index contributed by atoms with van der Waals surface area (Å²) >= 11 is 0.914. The van der Waals surface area contributed by atoms with Gasteiger partial charge >= 0.3 is 12.1 Å². The molecule has 1 aliphatic rings. The second kappa shape index (κ2) is 7.51. The molecule has 0 unspecified atom stereocenters.